The first-order chi connectivity index (χ1) is 11.6. The molecule has 2 aromatic carbocycles. The minimum atomic E-state index is -0.265. The summed E-state index contributed by atoms with van der Waals surface area (Å²) in [4.78, 5) is 14.3. The Labute approximate surface area is 142 Å². The summed E-state index contributed by atoms with van der Waals surface area (Å²) in [6.45, 7) is 3.28. The number of nitriles is 1. The maximum atomic E-state index is 12.9. The molecule has 0 radical (unpaired) electrons. The van der Waals surface area contributed by atoms with Gasteiger partial charge in [-0.05, 0) is 48.2 Å². The molecule has 0 aliphatic carbocycles. The Bertz CT molecular complexity index is 702. The van der Waals surface area contributed by atoms with E-state index in [0.717, 1.165) is 17.5 Å². The normalized spacial score (nSPS) is 10.2. The van der Waals surface area contributed by atoms with Gasteiger partial charge in [-0.2, -0.15) is 5.26 Å². The summed E-state index contributed by atoms with van der Waals surface area (Å²) in [7, 11) is 0. The minimum Gasteiger partial charge on any atom is -0.338 e. The zero-order chi connectivity index (χ0) is 17.4. The molecular weight excluding hydrogens is 303 g/mol. The molecule has 0 aromatic heterocycles. The van der Waals surface area contributed by atoms with Crippen molar-refractivity contribution in [2.45, 2.75) is 32.7 Å². The van der Waals surface area contributed by atoms with Crippen molar-refractivity contribution in [2.24, 2.45) is 0 Å². The van der Waals surface area contributed by atoms with Crippen LogP contribution in [0.4, 0.5) is 4.39 Å². The summed E-state index contributed by atoms with van der Waals surface area (Å²) in [6.07, 6.45) is 1.90. The minimum absolute atomic E-state index is 0.0885. The summed E-state index contributed by atoms with van der Waals surface area (Å²) < 4.78 is 12.9. The Balaban J connectivity index is 1.96. The van der Waals surface area contributed by atoms with Crippen LogP contribution >= 0.6 is 0 Å². The van der Waals surface area contributed by atoms with E-state index in [1.165, 1.54) is 12.1 Å². The number of rotatable bonds is 7. The quantitative estimate of drug-likeness (QED) is 0.770. The van der Waals surface area contributed by atoms with Crippen molar-refractivity contribution in [3.63, 3.8) is 0 Å². The lowest BCUT2D eigenvalue weighted by Gasteiger charge is -2.22. The summed E-state index contributed by atoms with van der Waals surface area (Å²) in [5.74, 6) is -0.177. The standard InChI is InChI=1S/C20H21FN2O/c1-2-13-23(15-18-5-3-17(14-22)4-6-18)20(24)12-9-16-7-10-19(21)11-8-16/h3-8,10-11H,2,9,12-13,15H2,1H3. The molecule has 3 nitrogen and oxygen atoms in total. The van der Waals surface area contributed by atoms with E-state index in [1.807, 2.05) is 24.0 Å². The Morgan fingerprint density at radius 1 is 1.08 bits per heavy atom. The molecule has 0 spiro atoms. The van der Waals surface area contributed by atoms with Gasteiger partial charge in [-0.15, -0.1) is 0 Å². The van der Waals surface area contributed by atoms with Crippen LogP contribution in [-0.4, -0.2) is 17.4 Å². The predicted molar refractivity (Wildman–Crippen MR) is 91.6 cm³/mol. The fourth-order valence-corrected chi connectivity index (χ4v) is 2.53. The highest BCUT2D eigenvalue weighted by atomic mass is 19.1. The lowest BCUT2D eigenvalue weighted by molar-refractivity contribution is -0.131. The molecule has 0 fully saturated rings. The van der Waals surface area contributed by atoms with Crippen LogP contribution in [0.1, 0.15) is 36.5 Å². The Kier molecular flexibility index (Phi) is 6.51. The molecule has 0 aliphatic heterocycles. The lowest BCUT2D eigenvalue weighted by Crippen LogP contribution is -2.31. The number of halogens is 1. The van der Waals surface area contributed by atoms with E-state index in [0.29, 0.717) is 31.5 Å². The lowest BCUT2D eigenvalue weighted by atomic mass is 10.1. The first-order valence-corrected chi connectivity index (χ1v) is 8.13. The number of benzene rings is 2. The molecule has 0 unspecified atom stereocenters. The molecule has 0 heterocycles. The molecule has 1 amide bonds. The van der Waals surface area contributed by atoms with Crippen LogP contribution < -0.4 is 0 Å². The third-order valence-corrected chi connectivity index (χ3v) is 3.84. The fraction of sp³-hybridized carbons (Fsp3) is 0.300. The molecule has 2 aromatic rings. The zero-order valence-corrected chi connectivity index (χ0v) is 13.8. The largest absolute Gasteiger partial charge is 0.338 e. The first-order valence-electron chi connectivity index (χ1n) is 8.13. The molecule has 0 bridgehead atoms. The molecule has 0 saturated carbocycles. The Morgan fingerprint density at radius 2 is 1.71 bits per heavy atom. The highest BCUT2D eigenvalue weighted by Gasteiger charge is 2.13. The molecule has 24 heavy (non-hydrogen) atoms. The maximum Gasteiger partial charge on any atom is 0.223 e. The Morgan fingerprint density at radius 3 is 2.29 bits per heavy atom. The number of amides is 1. The van der Waals surface area contributed by atoms with E-state index in [1.54, 1.807) is 24.3 Å². The van der Waals surface area contributed by atoms with Crippen LogP contribution in [0.5, 0.6) is 0 Å². The molecule has 0 N–H and O–H groups in total. The number of hydrogen-bond donors (Lipinski definition) is 0. The van der Waals surface area contributed by atoms with E-state index < -0.39 is 0 Å². The van der Waals surface area contributed by atoms with Gasteiger partial charge < -0.3 is 4.90 Å². The SMILES string of the molecule is CCCN(Cc1ccc(C#N)cc1)C(=O)CCc1ccc(F)cc1. The van der Waals surface area contributed by atoms with E-state index in [9.17, 15) is 9.18 Å². The highest BCUT2D eigenvalue weighted by molar-refractivity contribution is 5.76. The predicted octanol–water partition coefficient (Wildman–Crippen LogP) is 4.07. The zero-order valence-electron chi connectivity index (χ0n) is 13.8. The molecular formula is C20H21FN2O. The van der Waals surface area contributed by atoms with Gasteiger partial charge in [0.1, 0.15) is 5.82 Å². The van der Waals surface area contributed by atoms with Crippen LogP contribution in [0.3, 0.4) is 0 Å². The van der Waals surface area contributed by atoms with Gasteiger partial charge in [0.2, 0.25) is 5.91 Å². The van der Waals surface area contributed by atoms with Crippen LogP contribution in [0.25, 0.3) is 0 Å². The van der Waals surface area contributed by atoms with Gasteiger partial charge in [0.05, 0.1) is 11.6 Å². The maximum absolute atomic E-state index is 12.9. The molecule has 0 aliphatic rings. The number of nitrogens with zero attached hydrogens (tertiary/aromatic N) is 2. The monoisotopic (exact) mass is 324 g/mol. The summed E-state index contributed by atoms with van der Waals surface area (Å²) in [6, 6.07) is 15.7. The van der Waals surface area contributed by atoms with Gasteiger partial charge in [0.15, 0.2) is 0 Å². The van der Waals surface area contributed by atoms with Crippen LogP contribution in [0.2, 0.25) is 0 Å². The van der Waals surface area contributed by atoms with Gasteiger partial charge in [-0.1, -0.05) is 31.2 Å². The second kappa shape index (κ2) is 8.83. The smallest absolute Gasteiger partial charge is 0.223 e. The van der Waals surface area contributed by atoms with Gasteiger partial charge in [-0.25, -0.2) is 4.39 Å². The second-order valence-corrected chi connectivity index (χ2v) is 5.75. The van der Waals surface area contributed by atoms with Gasteiger partial charge in [0, 0.05) is 19.5 Å². The number of aryl methyl sites for hydroxylation is 1. The number of carbonyl (C=O) groups excluding carboxylic acids is 1. The van der Waals surface area contributed by atoms with Crippen molar-refractivity contribution >= 4 is 5.91 Å². The third kappa shape index (κ3) is 5.20. The van der Waals surface area contributed by atoms with E-state index in [4.69, 9.17) is 5.26 Å². The molecule has 0 atom stereocenters. The van der Waals surface area contributed by atoms with Crippen molar-refractivity contribution in [1.82, 2.24) is 4.90 Å². The van der Waals surface area contributed by atoms with Gasteiger partial charge >= 0.3 is 0 Å². The van der Waals surface area contributed by atoms with Gasteiger partial charge in [-0.3, -0.25) is 4.79 Å². The van der Waals surface area contributed by atoms with Crippen molar-refractivity contribution < 1.29 is 9.18 Å². The van der Waals surface area contributed by atoms with Crippen LogP contribution in [0.15, 0.2) is 48.5 Å². The molecule has 2 rings (SSSR count). The second-order valence-electron chi connectivity index (χ2n) is 5.75. The Hall–Kier alpha value is -2.67. The summed E-state index contributed by atoms with van der Waals surface area (Å²) in [5, 5.41) is 8.84. The highest BCUT2D eigenvalue weighted by Crippen LogP contribution is 2.11. The van der Waals surface area contributed by atoms with Crippen molar-refractivity contribution in [3.8, 4) is 6.07 Å². The average Bonchev–Trinajstić information content (AvgIpc) is 2.61. The molecule has 124 valence electrons. The summed E-state index contributed by atoms with van der Waals surface area (Å²) >= 11 is 0. The first kappa shape index (κ1) is 17.7. The van der Waals surface area contributed by atoms with Crippen molar-refractivity contribution in [2.75, 3.05) is 6.54 Å². The van der Waals surface area contributed by atoms with Gasteiger partial charge in [0.25, 0.3) is 0 Å². The van der Waals surface area contributed by atoms with Crippen LogP contribution in [-0.2, 0) is 17.8 Å². The third-order valence-electron chi connectivity index (χ3n) is 3.84. The number of hydrogen-bond acceptors (Lipinski definition) is 2. The summed E-state index contributed by atoms with van der Waals surface area (Å²) in [5.41, 5.74) is 2.58. The van der Waals surface area contributed by atoms with Crippen molar-refractivity contribution in [3.05, 3.63) is 71.0 Å². The van der Waals surface area contributed by atoms with Crippen LogP contribution in [0, 0.1) is 17.1 Å². The fourth-order valence-electron chi connectivity index (χ4n) is 2.53. The number of carbonyl (C=O) groups is 1. The average molecular weight is 324 g/mol. The van der Waals surface area contributed by atoms with E-state index >= 15 is 0 Å². The topological polar surface area (TPSA) is 44.1 Å². The van der Waals surface area contributed by atoms with Crippen molar-refractivity contribution in [1.29, 1.82) is 5.26 Å². The molecule has 0 saturated heterocycles. The van der Waals surface area contributed by atoms with E-state index in [-0.39, 0.29) is 11.7 Å². The van der Waals surface area contributed by atoms with E-state index in [2.05, 4.69) is 6.07 Å². The molecule has 4 heteroatoms.